The Morgan fingerprint density at radius 2 is 1.62 bits per heavy atom. The van der Waals surface area contributed by atoms with Gasteiger partial charge in [-0.15, -0.1) is 0 Å². The minimum atomic E-state index is -3.81. The number of rotatable bonds is 7. The normalized spacial score (nSPS) is 11.2. The number of carbonyl (C=O) groups excluding carboxylic acids is 1. The molecule has 5 nitrogen and oxygen atoms in total. The summed E-state index contributed by atoms with van der Waals surface area (Å²) in [5, 5.41) is 2.62. The number of benzene rings is 3. The van der Waals surface area contributed by atoms with Crippen molar-refractivity contribution in [3.05, 3.63) is 101 Å². The molecule has 0 unspecified atom stereocenters. The highest BCUT2D eigenvalue weighted by Crippen LogP contribution is 2.18. The molecule has 150 valence electrons. The van der Waals surface area contributed by atoms with Crippen LogP contribution in [0.25, 0.3) is 0 Å². The van der Waals surface area contributed by atoms with Crippen molar-refractivity contribution in [2.45, 2.75) is 24.9 Å². The van der Waals surface area contributed by atoms with E-state index in [1.807, 2.05) is 30.3 Å². The van der Waals surface area contributed by atoms with E-state index < -0.39 is 21.7 Å². The Hall–Kier alpha value is -3.03. The first-order valence-corrected chi connectivity index (χ1v) is 10.5. The summed E-state index contributed by atoms with van der Waals surface area (Å²) in [7, 11) is -3.81. The molecular formula is C22H21FN2O3S. The number of nitrogens with one attached hydrogen (secondary N) is 2. The van der Waals surface area contributed by atoms with Crippen molar-refractivity contribution < 1.29 is 17.6 Å². The van der Waals surface area contributed by atoms with Gasteiger partial charge in [-0.2, -0.15) is 0 Å². The number of halogens is 1. The van der Waals surface area contributed by atoms with E-state index in [1.54, 1.807) is 37.3 Å². The highest BCUT2D eigenvalue weighted by Gasteiger charge is 2.19. The van der Waals surface area contributed by atoms with E-state index in [0.717, 1.165) is 5.56 Å². The van der Waals surface area contributed by atoms with Crippen LogP contribution in [0.2, 0.25) is 0 Å². The zero-order valence-electron chi connectivity index (χ0n) is 15.9. The van der Waals surface area contributed by atoms with Crippen LogP contribution in [-0.4, -0.2) is 14.3 Å². The van der Waals surface area contributed by atoms with Crippen LogP contribution in [0, 0.1) is 12.7 Å². The standard InChI is InChI=1S/C22H21FN2O3S/c1-16-11-12-18(22(26)24-15-19-9-5-6-10-20(19)23)13-21(16)29(27,28)25-14-17-7-3-2-4-8-17/h2-13,25H,14-15H2,1H3,(H,24,26). The maximum atomic E-state index is 13.7. The van der Waals surface area contributed by atoms with Gasteiger partial charge in [0.2, 0.25) is 10.0 Å². The molecule has 29 heavy (non-hydrogen) atoms. The fraction of sp³-hybridized carbons (Fsp3) is 0.136. The van der Waals surface area contributed by atoms with Crippen LogP contribution in [-0.2, 0) is 23.1 Å². The van der Waals surface area contributed by atoms with Gasteiger partial charge in [-0.25, -0.2) is 17.5 Å². The van der Waals surface area contributed by atoms with Crippen LogP contribution in [0.5, 0.6) is 0 Å². The van der Waals surface area contributed by atoms with Crippen molar-refractivity contribution in [1.82, 2.24) is 10.0 Å². The molecule has 0 aliphatic rings. The maximum Gasteiger partial charge on any atom is 0.251 e. The van der Waals surface area contributed by atoms with Crippen LogP contribution in [0.15, 0.2) is 77.7 Å². The van der Waals surface area contributed by atoms with E-state index in [4.69, 9.17) is 0 Å². The largest absolute Gasteiger partial charge is 0.348 e. The lowest BCUT2D eigenvalue weighted by Crippen LogP contribution is -2.26. The molecule has 0 saturated heterocycles. The first kappa shape index (κ1) is 20.7. The SMILES string of the molecule is Cc1ccc(C(=O)NCc2ccccc2F)cc1S(=O)(=O)NCc1ccccc1. The number of aryl methyl sites for hydroxylation is 1. The van der Waals surface area contributed by atoms with Gasteiger partial charge in [-0.3, -0.25) is 4.79 Å². The lowest BCUT2D eigenvalue weighted by Gasteiger charge is -2.12. The van der Waals surface area contributed by atoms with E-state index in [0.29, 0.717) is 11.1 Å². The maximum absolute atomic E-state index is 13.7. The molecule has 3 rings (SSSR count). The third-order valence-corrected chi connectivity index (χ3v) is 5.99. The Balaban J connectivity index is 1.74. The number of hydrogen-bond donors (Lipinski definition) is 2. The molecular weight excluding hydrogens is 391 g/mol. The predicted octanol–water partition coefficient (Wildman–Crippen LogP) is 3.54. The zero-order chi connectivity index (χ0) is 20.9. The zero-order valence-corrected chi connectivity index (χ0v) is 16.7. The fourth-order valence-corrected chi connectivity index (χ4v) is 4.09. The van der Waals surface area contributed by atoms with Crippen molar-refractivity contribution >= 4 is 15.9 Å². The van der Waals surface area contributed by atoms with Crippen LogP contribution in [0.1, 0.15) is 27.0 Å². The Bertz CT molecular complexity index is 1120. The Morgan fingerprint density at radius 3 is 2.34 bits per heavy atom. The number of carbonyl (C=O) groups is 1. The van der Waals surface area contributed by atoms with Gasteiger partial charge in [0, 0.05) is 24.2 Å². The van der Waals surface area contributed by atoms with Crippen molar-refractivity contribution in [1.29, 1.82) is 0 Å². The van der Waals surface area contributed by atoms with Crippen molar-refractivity contribution in [3.8, 4) is 0 Å². The first-order chi connectivity index (χ1) is 13.9. The van der Waals surface area contributed by atoms with Crippen molar-refractivity contribution in [2.24, 2.45) is 0 Å². The van der Waals surface area contributed by atoms with E-state index in [9.17, 15) is 17.6 Å². The topological polar surface area (TPSA) is 75.3 Å². The summed E-state index contributed by atoms with van der Waals surface area (Å²) in [5.74, 6) is -0.891. The minimum Gasteiger partial charge on any atom is -0.348 e. The van der Waals surface area contributed by atoms with Gasteiger partial charge in [0.05, 0.1) is 4.90 Å². The highest BCUT2D eigenvalue weighted by molar-refractivity contribution is 7.89. The van der Waals surface area contributed by atoms with E-state index in [2.05, 4.69) is 10.0 Å². The Kier molecular flexibility index (Phi) is 6.41. The Morgan fingerprint density at radius 1 is 0.931 bits per heavy atom. The number of hydrogen-bond acceptors (Lipinski definition) is 3. The molecule has 0 fully saturated rings. The first-order valence-electron chi connectivity index (χ1n) is 9.02. The molecule has 1 amide bonds. The molecule has 3 aromatic carbocycles. The molecule has 0 aliphatic carbocycles. The summed E-state index contributed by atoms with van der Waals surface area (Å²) in [5.41, 5.74) is 1.89. The highest BCUT2D eigenvalue weighted by atomic mass is 32.2. The predicted molar refractivity (Wildman–Crippen MR) is 109 cm³/mol. The van der Waals surface area contributed by atoms with Gasteiger partial charge in [-0.1, -0.05) is 54.6 Å². The summed E-state index contributed by atoms with van der Waals surface area (Å²) in [6.45, 7) is 1.82. The molecule has 0 atom stereocenters. The summed E-state index contributed by atoms with van der Waals surface area (Å²) >= 11 is 0. The van der Waals surface area contributed by atoms with Crippen molar-refractivity contribution in [2.75, 3.05) is 0 Å². The molecule has 2 N–H and O–H groups in total. The minimum absolute atomic E-state index is 0.00766. The third-order valence-electron chi connectivity index (χ3n) is 4.45. The van der Waals surface area contributed by atoms with Gasteiger partial charge in [0.25, 0.3) is 5.91 Å². The van der Waals surface area contributed by atoms with Gasteiger partial charge in [0.1, 0.15) is 5.82 Å². The van der Waals surface area contributed by atoms with Crippen LogP contribution in [0.3, 0.4) is 0 Å². The summed E-state index contributed by atoms with van der Waals surface area (Å²) in [4.78, 5) is 12.5. The Labute approximate surface area is 169 Å². The van der Waals surface area contributed by atoms with Crippen molar-refractivity contribution in [3.63, 3.8) is 0 Å². The third kappa shape index (κ3) is 5.28. The molecule has 3 aromatic rings. The van der Waals surface area contributed by atoms with Gasteiger partial charge in [-0.05, 0) is 36.2 Å². The summed E-state index contributed by atoms with van der Waals surface area (Å²) in [6.07, 6.45) is 0. The molecule has 0 heterocycles. The lowest BCUT2D eigenvalue weighted by molar-refractivity contribution is 0.0950. The van der Waals surface area contributed by atoms with E-state index in [-0.39, 0.29) is 23.5 Å². The lowest BCUT2D eigenvalue weighted by atomic mass is 10.1. The number of amides is 1. The molecule has 0 spiro atoms. The fourth-order valence-electron chi connectivity index (χ4n) is 2.80. The van der Waals surface area contributed by atoms with Gasteiger partial charge in [0.15, 0.2) is 0 Å². The summed E-state index contributed by atoms with van der Waals surface area (Å²) in [6, 6.07) is 19.8. The monoisotopic (exact) mass is 412 g/mol. The van der Waals surface area contributed by atoms with Gasteiger partial charge >= 0.3 is 0 Å². The second-order valence-electron chi connectivity index (χ2n) is 6.56. The van der Waals surface area contributed by atoms with Crippen LogP contribution < -0.4 is 10.0 Å². The molecule has 0 bridgehead atoms. The number of sulfonamides is 1. The van der Waals surface area contributed by atoms with Gasteiger partial charge < -0.3 is 5.32 Å². The van der Waals surface area contributed by atoms with Crippen LogP contribution in [0.4, 0.5) is 4.39 Å². The smallest absolute Gasteiger partial charge is 0.251 e. The second kappa shape index (κ2) is 8.98. The van der Waals surface area contributed by atoms with E-state index >= 15 is 0 Å². The molecule has 0 radical (unpaired) electrons. The molecule has 7 heteroatoms. The van der Waals surface area contributed by atoms with Crippen LogP contribution >= 0.6 is 0 Å². The molecule has 0 aromatic heterocycles. The average Bonchev–Trinajstić information content (AvgIpc) is 2.72. The molecule has 0 aliphatic heterocycles. The quantitative estimate of drug-likeness (QED) is 0.623. The second-order valence-corrected chi connectivity index (χ2v) is 8.30. The van der Waals surface area contributed by atoms with E-state index in [1.165, 1.54) is 12.1 Å². The summed E-state index contributed by atoms with van der Waals surface area (Å²) < 4.78 is 41.7. The average molecular weight is 412 g/mol. The molecule has 0 saturated carbocycles.